The maximum absolute atomic E-state index is 5.95. The van der Waals surface area contributed by atoms with E-state index in [1.165, 1.54) is 123 Å². The predicted molar refractivity (Wildman–Crippen MR) is 161 cm³/mol. The molecule has 0 amide bonds. The topological polar surface area (TPSA) is 9.23 Å². The van der Waals surface area contributed by atoms with Crippen molar-refractivity contribution >= 4 is 23.4 Å². The molecule has 0 N–H and O–H groups in total. The van der Waals surface area contributed by atoms with E-state index in [0.29, 0.717) is 0 Å². The van der Waals surface area contributed by atoms with Crippen molar-refractivity contribution in [2.75, 3.05) is 12.4 Å². The van der Waals surface area contributed by atoms with Crippen molar-refractivity contribution in [1.82, 2.24) is 0 Å². The van der Waals surface area contributed by atoms with E-state index in [4.69, 9.17) is 4.74 Å². The highest BCUT2D eigenvalue weighted by Crippen LogP contribution is 2.35. The van der Waals surface area contributed by atoms with Crippen LogP contribution >= 0.6 is 11.8 Å². The number of benzene rings is 2. The molecule has 0 heterocycles. The van der Waals surface area contributed by atoms with E-state index in [1.807, 2.05) is 11.8 Å². The Hall–Kier alpha value is -1.67. The zero-order valence-corrected chi connectivity index (χ0v) is 24.0. The fourth-order valence-electron chi connectivity index (χ4n) is 5.04. The van der Waals surface area contributed by atoms with Crippen LogP contribution in [0.15, 0.2) is 47.4 Å². The fraction of sp³-hybridized carbons (Fsp3) is 0.588. The minimum Gasteiger partial charge on any atom is -0.494 e. The van der Waals surface area contributed by atoms with Crippen molar-refractivity contribution in [1.29, 1.82) is 0 Å². The van der Waals surface area contributed by atoms with Crippen molar-refractivity contribution in [3.05, 3.63) is 59.2 Å². The molecule has 0 aliphatic heterocycles. The largest absolute Gasteiger partial charge is 0.494 e. The maximum Gasteiger partial charge on any atom is 0.119 e. The maximum atomic E-state index is 5.95. The van der Waals surface area contributed by atoms with Crippen LogP contribution in [0.1, 0.15) is 127 Å². The summed E-state index contributed by atoms with van der Waals surface area (Å²) in [4.78, 5) is 1.43. The molecule has 2 heteroatoms. The van der Waals surface area contributed by atoms with Crippen LogP contribution in [0, 0.1) is 0 Å². The fourth-order valence-corrected chi connectivity index (χ4v) is 6.01. The van der Waals surface area contributed by atoms with Gasteiger partial charge in [0.15, 0.2) is 0 Å². The van der Waals surface area contributed by atoms with Crippen LogP contribution in [-0.2, 0) is 6.42 Å². The molecule has 2 aromatic rings. The van der Waals surface area contributed by atoms with Gasteiger partial charge in [0.1, 0.15) is 5.75 Å². The second-order valence-corrected chi connectivity index (χ2v) is 11.7. The monoisotopic (exact) mass is 506 g/mol. The molecule has 1 aliphatic carbocycles. The van der Waals surface area contributed by atoms with Gasteiger partial charge in [-0.1, -0.05) is 122 Å². The molecule has 198 valence electrons. The highest BCUT2D eigenvalue weighted by atomic mass is 32.2. The lowest BCUT2D eigenvalue weighted by atomic mass is 10.0. The third kappa shape index (κ3) is 10.8. The Morgan fingerprint density at radius 3 is 1.94 bits per heavy atom. The molecule has 1 nitrogen and oxygen atoms in total. The van der Waals surface area contributed by atoms with Crippen LogP contribution in [0.4, 0.5) is 0 Å². The van der Waals surface area contributed by atoms with Gasteiger partial charge in [0, 0.05) is 4.90 Å². The highest BCUT2D eigenvalue weighted by molar-refractivity contribution is 7.99. The van der Waals surface area contributed by atoms with Crippen LogP contribution in [-0.4, -0.2) is 12.4 Å². The van der Waals surface area contributed by atoms with Crippen molar-refractivity contribution in [2.45, 2.75) is 121 Å². The first-order valence-corrected chi connectivity index (χ1v) is 16.0. The summed E-state index contributed by atoms with van der Waals surface area (Å²) in [6.07, 6.45) is 23.9. The van der Waals surface area contributed by atoms with Crippen LogP contribution in [0.3, 0.4) is 0 Å². The van der Waals surface area contributed by atoms with Gasteiger partial charge in [0.2, 0.25) is 0 Å². The summed E-state index contributed by atoms with van der Waals surface area (Å²) >= 11 is 2.04. The minimum atomic E-state index is 0.830. The molecular formula is C34H50OS. The molecule has 1 aliphatic rings. The van der Waals surface area contributed by atoms with Gasteiger partial charge in [0.05, 0.1) is 6.61 Å². The van der Waals surface area contributed by atoms with E-state index in [9.17, 15) is 0 Å². The van der Waals surface area contributed by atoms with Crippen molar-refractivity contribution in [2.24, 2.45) is 0 Å². The highest BCUT2D eigenvalue weighted by Gasteiger charge is 2.15. The Balaban J connectivity index is 1.31. The molecule has 0 atom stereocenters. The standard InChI is InChI=1S/C34H50OS/c1-3-5-7-9-10-11-12-13-15-17-25-36-34-23-20-30-26-31(27-32(30)28-34)29-18-21-33(22-19-29)35-24-16-14-8-6-4-2/h18-23,26,28H,3-17,24-25,27H2,1-2H3. The number of allylic oxidation sites excluding steroid dienone is 1. The van der Waals surface area contributed by atoms with Crippen LogP contribution in [0.5, 0.6) is 5.75 Å². The summed E-state index contributed by atoms with van der Waals surface area (Å²) < 4.78 is 5.95. The van der Waals surface area contributed by atoms with Gasteiger partial charge < -0.3 is 4.74 Å². The Morgan fingerprint density at radius 2 is 1.28 bits per heavy atom. The molecule has 0 saturated carbocycles. The molecule has 0 aromatic heterocycles. The number of thioether (sulfide) groups is 1. The van der Waals surface area contributed by atoms with E-state index in [0.717, 1.165) is 25.2 Å². The number of unbranched alkanes of at least 4 members (excludes halogenated alkanes) is 13. The lowest BCUT2D eigenvalue weighted by Crippen LogP contribution is -1.97. The van der Waals surface area contributed by atoms with Crippen LogP contribution in [0.25, 0.3) is 11.6 Å². The smallest absolute Gasteiger partial charge is 0.119 e. The average molecular weight is 507 g/mol. The second kappa shape index (κ2) is 17.7. The zero-order valence-electron chi connectivity index (χ0n) is 23.2. The van der Waals surface area contributed by atoms with E-state index >= 15 is 0 Å². The summed E-state index contributed by atoms with van der Waals surface area (Å²) in [5.41, 5.74) is 5.61. The molecule has 2 aromatic carbocycles. The summed E-state index contributed by atoms with van der Waals surface area (Å²) in [5, 5.41) is 0. The summed E-state index contributed by atoms with van der Waals surface area (Å²) in [6, 6.07) is 15.8. The third-order valence-corrected chi connectivity index (χ3v) is 8.41. The van der Waals surface area contributed by atoms with E-state index in [-0.39, 0.29) is 0 Å². The quantitative estimate of drug-likeness (QED) is 0.130. The molecule has 0 bridgehead atoms. The molecule has 3 rings (SSSR count). The van der Waals surface area contributed by atoms with Gasteiger partial charge in [-0.3, -0.25) is 0 Å². The number of fused-ring (bicyclic) bond motifs is 1. The molecule has 0 fully saturated rings. The first kappa shape index (κ1) is 28.9. The normalized spacial score (nSPS) is 12.6. The van der Waals surface area contributed by atoms with Gasteiger partial charge in [-0.15, -0.1) is 11.8 Å². The number of hydrogen-bond donors (Lipinski definition) is 0. The second-order valence-electron chi connectivity index (χ2n) is 10.5. The first-order valence-electron chi connectivity index (χ1n) is 15.0. The van der Waals surface area contributed by atoms with E-state index in [1.54, 1.807) is 0 Å². The van der Waals surface area contributed by atoms with Crippen LogP contribution in [0.2, 0.25) is 0 Å². The van der Waals surface area contributed by atoms with Crippen molar-refractivity contribution in [3.63, 3.8) is 0 Å². The zero-order chi connectivity index (χ0) is 25.3. The Bertz CT molecular complexity index is 883. The van der Waals surface area contributed by atoms with Gasteiger partial charge in [-0.05, 0) is 71.5 Å². The molecule has 0 radical (unpaired) electrons. The van der Waals surface area contributed by atoms with Crippen molar-refractivity contribution < 1.29 is 4.74 Å². The summed E-state index contributed by atoms with van der Waals surface area (Å²) in [5.74, 6) is 2.24. The molecule has 0 saturated heterocycles. The first-order chi connectivity index (χ1) is 17.8. The minimum absolute atomic E-state index is 0.830. The van der Waals surface area contributed by atoms with Gasteiger partial charge in [-0.2, -0.15) is 0 Å². The number of hydrogen-bond acceptors (Lipinski definition) is 2. The number of rotatable bonds is 20. The Morgan fingerprint density at radius 1 is 0.667 bits per heavy atom. The Labute approximate surface area is 226 Å². The lowest BCUT2D eigenvalue weighted by Gasteiger charge is -2.08. The summed E-state index contributed by atoms with van der Waals surface area (Å²) in [6.45, 7) is 5.38. The van der Waals surface area contributed by atoms with Gasteiger partial charge in [-0.25, -0.2) is 0 Å². The van der Waals surface area contributed by atoms with Gasteiger partial charge in [0.25, 0.3) is 0 Å². The van der Waals surface area contributed by atoms with E-state index < -0.39 is 0 Å². The number of ether oxygens (including phenoxy) is 1. The summed E-state index contributed by atoms with van der Waals surface area (Å²) in [7, 11) is 0. The SMILES string of the molecule is CCCCCCCCCCCCSc1ccc2c(c1)CC(c1ccc(OCCCCCCC)cc1)=C2. The molecule has 0 unspecified atom stereocenters. The molecule has 36 heavy (non-hydrogen) atoms. The Kier molecular flexibility index (Phi) is 14.2. The van der Waals surface area contributed by atoms with E-state index in [2.05, 4.69) is 62.4 Å². The molecular weight excluding hydrogens is 456 g/mol. The third-order valence-electron chi connectivity index (χ3n) is 7.33. The lowest BCUT2D eigenvalue weighted by molar-refractivity contribution is 0.304. The molecule has 0 spiro atoms. The predicted octanol–water partition coefficient (Wildman–Crippen LogP) is 11.1. The average Bonchev–Trinajstić information content (AvgIpc) is 3.33. The van der Waals surface area contributed by atoms with Crippen LogP contribution < -0.4 is 4.74 Å². The van der Waals surface area contributed by atoms with Crippen molar-refractivity contribution in [3.8, 4) is 5.75 Å². The van der Waals surface area contributed by atoms with Gasteiger partial charge >= 0.3 is 0 Å².